The van der Waals surface area contributed by atoms with E-state index in [0.717, 1.165) is 12.5 Å². The van der Waals surface area contributed by atoms with Crippen molar-refractivity contribution in [2.75, 3.05) is 20.1 Å². The number of nitrogens with zero attached hydrogens (tertiary/aromatic N) is 1. The van der Waals surface area contributed by atoms with Crippen LogP contribution in [0, 0.1) is 0 Å². The molecule has 0 fully saturated rings. The quantitative estimate of drug-likeness (QED) is 0.322. The standard InChI is InChI=1S/C19H23N3.HI/c1-3-14-21-19(20-2)22-15-18(16-10-6-4-7-11-16)17-12-8-5-9-13-17;/h3-13,18H,1,14-15H2,2H3,(H2,20,21,22);1H. The first-order chi connectivity index (χ1) is 10.8. The first-order valence-corrected chi connectivity index (χ1v) is 7.50. The van der Waals surface area contributed by atoms with Gasteiger partial charge >= 0.3 is 0 Å². The molecule has 0 aliphatic heterocycles. The van der Waals surface area contributed by atoms with Crippen molar-refractivity contribution in [1.29, 1.82) is 0 Å². The summed E-state index contributed by atoms with van der Waals surface area (Å²) in [7, 11) is 1.78. The van der Waals surface area contributed by atoms with E-state index in [0.29, 0.717) is 6.54 Å². The second kappa shape index (κ2) is 10.8. The maximum atomic E-state index is 4.23. The van der Waals surface area contributed by atoms with E-state index >= 15 is 0 Å². The summed E-state index contributed by atoms with van der Waals surface area (Å²) in [4.78, 5) is 4.23. The molecule has 2 N–H and O–H groups in total. The average Bonchev–Trinajstić information content (AvgIpc) is 2.59. The summed E-state index contributed by atoms with van der Waals surface area (Å²) in [5.74, 6) is 1.07. The highest BCUT2D eigenvalue weighted by molar-refractivity contribution is 14.0. The third kappa shape index (κ3) is 6.06. The Morgan fingerprint density at radius 3 is 1.96 bits per heavy atom. The summed E-state index contributed by atoms with van der Waals surface area (Å²) in [5.41, 5.74) is 2.58. The molecule has 0 amide bonds. The topological polar surface area (TPSA) is 36.4 Å². The molecule has 0 saturated heterocycles. The predicted octanol–water partition coefficient (Wildman–Crippen LogP) is 3.79. The van der Waals surface area contributed by atoms with Crippen molar-refractivity contribution < 1.29 is 0 Å². The zero-order valence-corrected chi connectivity index (χ0v) is 15.7. The van der Waals surface area contributed by atoms with Crippen molar-refractivity contribution in [3.63, 3.8) is 0 Å². The van der Waals surface area contributed by atoms with Gasteiger partial charge in [0.2, 0.25) is 0 Å². The highest BCUT2D eigenvalue weighted by atomic mass is 127. The Kier molecular flexibility index (Phi) is 9.05. The second-order valence-corrected chi connectivity index (χ2v) is 5.00. The summed E-state index contributed by atoms with van der Waals surface area (Å²) >= 11 is 0. The van der Waals surface area contributed by atoms with E-state index < -0.39 is 0 Å². The molecule has 4 heteroatoms. The Balaban J connectivity index is 0.00000264. The van der Waals surface area contributed by atoms with Gasteiger partial charge in [0.1, 0.15) is 0 Å². The number of guanidine groups is 1. The molecule has 122 valence electrons. The fourth-order valence-electron chi connectivity index (χ4n) is 2.39. The van der Waals surface area contributed by atoms with Crippen LogP contribution in [0.15, 0.2) is 78.3 Å². The lowest BCUT2D eigenvalue weighted by atomic mass is 9.91. The number of benzene rings is 2. The van der Waals surface area contributed by atoms with Crippen molar-refractivity contribution >= 4 is 29.9 Å². The van der Waals surface area contributed by atoms with Crippen LogP contribution in [0.2, 0.25) is 0 Å². The highest BCUT2D eigenvalue weighted by Crippen LogP contribution is 2.23. The smallest absolute Gasteiger partial charge is 0.191 e. The number of aliphatic imine (C=N–C) groups is 1. The normalized spacial score (nSPS) is 10.8. The first-order valence-electron chi connectivity index (χ1n) is 7.50. The van der Waals surface area contributed by atoms with Gasteiger partial charge in [-0.25, -0.2) is 0 Å². The molecule has 0 saturated carbocycles. The fraction of sp³-hybridized carbons (Fsp3) is 0.211. The molecule has 2 rings (SSSR count). The minimum Gasteiger partial charge on any atom is -0.355 e. The zero-order valence-electron chi connectivity index (χ0n) is 13.4. The Bertz CT molecular complexity index is 557. The number of nitrogens with one attached hydrogen (secondary N) is 2. The molecule has 0 atom stereocenters. The molecule has 23 heavy (non-hydrogen) atoms. The van der Waals surface area contributed by atoms with Crippen LogP contribution in [0.3, 0.4) is 0 Å². The average molecular weight is 421 g/mol. The molecule has 0 spiro atoms. The Morgan fingerprint density at radius 1 is 1.00 bits per heavy atom. The molecule has 3 nitrogen and oxygen atoms in total. The summed E-state index contributed by atoms with van der Waals surface area (Å²) in [6.07, 6.45) is 1.82. The Labute approximate surface area is 155 Å². The van der Waals surface area contributed by atoms with Gasteiger partial charge in [-0.15, -0.1) is 30.6 Å². The molecular weight excluding hydrogens is 397 g/mol. The molecule has 0 aromatic heterocycles. The zero-order chi connectivity index (χ0) is 15.6. The van der Waals surface area contributed by atoms with Crippen LogP contribution in [-0.4, -0.2) is 26.1 Å². The van der Waals surface area contributed by atoms with Gasteiger partial charge in [0.25, 0.3) is 0 Å². The van der Waals surface area contributed by atoms with Gasteiger partial charge < -0.3 is 10.6 Å². The summed E-state index contributed by atoms with van der Waals surface area (Å²) in [5, 5.41) is 6.59. The molecule has 0 unspecified atom stereocenters. The van der Waals surface area contributed by atoms with Crippen LogP contribution in [-0.2, 0) is 0 Å². The third-order valence-electron chi connectivity index (χ3n) is 3.51. The maximum absolute atomic E-state index is 4.23. The lowest BCUT2D eigenvalue weighted by Gasteiger charge is -2.20. The summed E-state index contributed by atoms with van der Waals surface area (Å²) in [6, 6.07) is 21.1. The van der Waals surface area contributed by atoms with Crippen molar-refractivity contribution in [1.82, 2.24) is 10.6 Å². The number of hydrogen-bond acceptors (Lipinski definition) is 1. The molecule has 0 aliphatic carbocycles. The number of rotatable bonds is 6. The van der Waals surface area contributed by atoms with Crippen LogP contribution in [0.4, 0.5) is 0 Å². The van der Waals surface area contributed by atoms with Gasteiger partial charge in [-0.2, -0.15) is 0 Å². The van der Waals surface area contributed by atoms with E-state index in [-0.39, 0.29) is 29.9 Å². The van der Waals surface area contributed by atoms with Crippen LogP contribution >= 0.6 is 24.0 Å². The molecule has 0 heterocycles. The summed E-state index contributed by atoms with van der Waals surface area (Å²) < 4.78 is 0. The van der Waals surface area contributed by atoms with Crippen LogP contribution in [0.25, 0.3) is 0 Å². The first kappa shape index (κ1) is 19.2. The van der Waals surface area contributed by atoms with Gasteiger partial charge in [0.15, 0.2) is 5.96 Å². The summed E-state index contributed by atoms with van der Waals surface area (Å²) in [6.45, 7) is 5.19. The van der Waals surface area contributed by atoms with Crippen molar-refractivity contribution in [3.05, 3.63) is 84.4 Å². The Hall–Kier alpha value is -1.82. The monoisotopic (exact) mass is 421 g/mol. The molecule has 2 aromatic rings. The van der Waals surface area contributed by atoms with E-state index in [1.165, 1.54) is 11.1 Å². The van der Waals surface area contributed by atoms with Crippen LogP contribution in [0.1, 0.15) is 17.0 Å². The third-order valence-corrected chi connectivity index (χ3v) is 3.51. The molecule has 0 bridgehead atoms. The van der Waals surface area contributed by atoms with Gasteiger partial charge in [-0.1, -0.05) is 66.7 Å². The van der Waals surface area contributed by atoms with Gasteiger partial charge in [-0.3, -0.25) is 4.99 Å². The minimum absolute atomic E-state index is 0. The lowest BCUT2D eigenvalue weighted by molar-refractivity contribution is 0.737. The van der Waals surface area contributed by atoms with Gasteiger partial charge in [0.05, 0.1) is 0 Å². The molecular formula is C19H24IN3. The number of halogens is 1. The van der Waals surface area contributed by atoms with Gasteiger partial charge in [-0.05, 0) is 11.1 Å². The van der Waals surface area contributed by atoms with E-state index in [1.54, 1.807) is 7.05 Å². The van der Waals surface area contributed by atoms with Crippen LogP contribution in [0.5, 0.6) is 0 Å². The van der Waals surface area contributed by atoms with E-state index in [2.05, 4.69) is 70.7 Å². The van der Waals surface area contributed by atoms with E-state index in [1.807, 2.05) is 18.2 Å². The van der Waals surface area contributed by atoms with Crippen LogP contribution < -0.4 is 10.6 Å². The molecule has 0 radical (unpaired) electrons. The van der Waals surface area contributed by atoms with E-state index in [9.17, 15) is 0 Å². The van der Waals surface area contributed by atoms with Gasteiger partial charge in [0, 0.05) is 26.1 Å². The minimum atomic E-state index is 0. The largest absolute Gasteiger partial charge is 0.355 e. The van der Waals surface area contributed by atoms with Crippen molar-refractivity contribution in [3.8, 4) is 0 Å². The molecule has 2 aromatic carbocycles. The van der Waals surface area contributed by atoms with E-state index in [4.69, 9.17) is 0 Å². The maximum Gasteiger partial charge on any atom is 0.191 e. The Morgan fingerprint density at radius 2 is 1.52 bits per heavy atom. The second-order valence-electron chi connectivity index (χ2n) is 5.00. The lowest BCUT2D eigenvalue weighted by Crippen LogP contribution is -2.39. The molecule has 0 aliphatic rings. The fourth-order valence-corrected chi connectivity index (χ4v) is 2.39. The number of hydrogen-bond donors (Lipinski definition) is 2. The van der Waals surface area contributed by atoms with Crippen molar-refractivity contribution in [2.45, 2.75) is 5.92 Å². The highest BCUT2D eigenvalue weighted by Gasteiger charge is 2.14. The van der Waals surface area contributed by atoms with Crippen molar-refractivity contribution in [2.24, 2.45) is 4.99 Å². The SMILES string of the molecule is C=CCNC(=NC)NCC(c1ccccc1)c1ccccc1.I. The predicted molar refractivity (Wildman–Crippen MR) is 110 cm³/mol.